The molecule has 0 bridgehead atoms. The first-order valence-electron chi connectivity index (χ1n) is 7.70. The normalized spacial score (nSPS) is 27.7. The summed E-state index contributed by atoms with van der Waals surface area (Å²) in [7, 11) is 0. The van der Waals surface area contributed by atoms with E-state index in [0.717, 1.165) is 0 Å². The van der Waals surface area contributed by atoms with Gasteiger partial charge in [-0.1, -0.05) is 0 Å². The first-order valence-corrected chi connectivity index (χ1v) is 7.70. The van der Waals surface area contributed by atoms with Crippen LogP contribution in [0.25, 0.3) is 11.2 Å². The van der Waals surface area contributed by atoms with E-state index in [1.165, 1.54) is 10.9 Å². The molecule has 3 heterocycles. The van der Waals surface area contributed by atoms with Gasteiger partial charge in [0.25, 0.3) is 0 Å². The zero-order valence-electron chi connectivity index (χ0n) is 13.2. The number of hydrogen-bond acceptors (Lipinski definition) is 11. The summed E-state index contributed by atoms with van der Waals surface area (Å²) in [5.74, 6) is 0.242. The molecule has 0 spiro atoms. The Bertz CT molecular complexity index is 741. The number of anilines is 2. The first kappa shape index (κ1) is 17.7. The zero-order chi connectivity index (χ0) is 18.1. The van der Waals surface area contributed by atoms with Crippen LogP contribution in [0, 0.1) is 0 Å². The lowest BCUT2D eigenvalue weighted by Gasteiger charge is -2.17. The third-order valence-electron chi connectivity index (χ3n) is 4.01. The summed E-state index contributed by atoms with van der Waals surface area (Å²) < 4.78 is 6.88. The number of nitrogen functional groups attached to an aromatic ring is 1. The fraction of sp³-hybridized carbons (Fsp3) is 0.615. The number of fused-ring (bicyclic) bond motifs is 1. The molecule has 12 nitrogen and oxygen atoms in total. The van der Waals surface area contributed by atoms with Crippen LogP contribution < -0.4 is 16.8 Å². The molecule has 1 saturated heterocycles. The summed E-state index contributed by atoms with van der Waals surface area (Å²) in [4.78, 5) is 12.3. The van der Waals surface area contributed by atoms with E-state index in [4.69, 9.17) is 16.2 Å². The minimum Gasteiger partial charge on any atom is -0.394 e. The number of imidazole rings is 1. The summed E-state index contributed by atoms with van der Waals surface area (Å²) in [6.45, 7) is -0.223. The summed E-state index contributed by atoms with van der Waals surface area (Å²) in [5.41, 5.74) is 11.7. The third-order valence-corrected chi connectivity index (χ3v) is 4.01. The number of hydrogen-bond donors (Lipinski definition) is 7. The van der Waals surface area contributed by atoms with Crippen LogP contribution in [0.15, 0.2) is 6.33 Å². The molecule has 1 aliphatic rings. The zero-order valence-corrected chi connectivity index (χ0v) is 13.2. The van der Waals surface area contributed by atoms with Crippen LogP contribution >= 0.6 is 0 Å². The van der Waals surface area contributed by atoms with Crippen LogP contribution in [0.5, 0.6) is 0 Å². The number of aliphatic hydroxyl groups excluding tert-OH is 4. The number of rotatable bonds is 6. The van der Waals surface area contributed by atoms with Gasteiger partial charge in [-0.25, -0.2) is 4.98 Å². The van der Waals surface area contributed by atoms with Crippen molar-refractivity contribution in [2.75, 3.05) is 30.7 Å². The maximum atomic E-state index is 10.2. The quantitative estimate of drug-likeness (QED) is 0.274. The standard InChI is InChI=1S/C13H21N7O5/c14-1-5(22)2-16-10-7-11(19-13(15)18-10)20(4-17-7)12-9(24)8(23)6(3-21)25-12/h4-6,8-9,12,21-24H,1-3,14H2,(H3,15,16,18,19)/t5?,6-,8-,9-,12?/m1/s1. The Balaban J connectivity index is 1.95. The highest BCUT2D eigenvalue weighted by Crippen LogP contribution is 2.32. The third kappa shape index (κ3) is 3.22. The van der Waals surface area contributed by atoms with Crippen molar-refractivity contribution in [2.24, 2.45) is 5.73 Å². The first-order chi connectivity index (χ1) is 12.0. The van der Waals surface area contributed by atoms with Gasteiger partial charge >= 0.3 is 0 Å². The number of nitrogens with two attached hydrogens (primary N) is 2. The molecule has 0 saturated carbocycles. The van der Waals surface area contributed by atoms with Gasteiger partial charge in [-0.05, 0) is 0 Å². The van der Waals surface area contributed by atoms with Gasteiger partial charge in [0, 0.05) is 13.1 Å². The lowest BCUT2D eigenvalue weighted by atomic mass is 10.1. The van der Waals surface area contributed by atoms with E-state index in [1.54, 1.807) is 0 Å². The summed E-state index contributed by atoms with van der Waals surface area (Å²) in [5, 5.41) is 41.7. The molecule has 2 unspecified atom stereocenters. The van der Waals surface area contributed by atoms with Gasteiger partial charge < -0.3 is 41.9 Å². The van der Waals surface area contributed by atoms with E-state index in [9.17, 15) is 20.4 Å². The van der Waals surface area contributed by atoms with Crippen LogP contribution in [-0.4, -0.2) is 84.1 Å². The molecule has 2 aromatic heterocycles. The van der Waals surface area contributed by atoms with Gasteiger partial charge in [0.1, 0.15) is 18.3 Å². The second kappa shape index (κ2) is 7.03. The highest BCUT2D eigenvalue weighted by Gasteiger charge is 2.44. The van der Waals surface area contributed by atoms with E-state index in [-0.39, 0.29) is 24.7 Å². The number of aliphatic hydroxyl groups is 4. The minimum absolute atomic E-state index is 0.0502. The van der Waals surface area contributed by atoms with E-state index in [1.807, 2.05) is 0 Å². The molecule has 25 heavy (non-hydrogen) atoms. The lowest BCUT2D eigenvalue weighted by Crippen LogP contribution is -2.33. The van der Waals surface area contributed by atoms with Gasteiger partial charge in [-0.3, -0.25) is 4.57 Å². The van der Waals surface area contributed by atoms with Crippen molar-refractivity contribution in [1.82, 2.24) is 19.5 Å². The summed E-state index contributed by atoms with van der Waals surface area (Å²) in [6.07, 6.45) is -3.84. The monoisotopic (exact) mass is 355 g/mol. The van der Waals surface area contributed by atoms with Crippen LogP contribution in [0.3, 0.4) is 0 Å². The average molecular weight is 355 g/mol. The Morgan fingerprint density at radius 2 is 2.08 bits per heavy atom. The number of aromatic nitrogens is 4. The molecule has 0 amide bonds. The maximum Gasteiger partial charge on any atom is 0.224 e. The van der Waals surface area contributed by atoms with Gasteiger partial charge in [0.05, 0.1) is 19.0 Å². The second-order valence-electron chi connectivity index (χ2n) is 5.75. The molecule has 1 fully saturated rings. The summed E-state index contributed by atoms with van der Waals surface area (Å²) >= 11 is 0. The Hall–Kier alpha value is -2.09. The Kier molecular flexibility index (Phi) is 4.99. The topological polar surface area (TPSA) is 198 Å². The number of nitrogens with zero attached hydrogens (tertiary/aromatic N) is 4. The smallest absolute Gasteiger partial charge is 0.224 e. The second-order valence-corrected chi connectivity index (χ2v) is 5.75. The molecule has 1 aliphatic heterocycles. The van der Waals surface area contributed by atoms with E-state index >= 15 is 0 Å². The van der Waals surface area contributed by atoms with E-state index < -0.39 is 37.3 Å². The van der Waals surface area contributed by atoms with Gasteiger partial charge in [0.2, 0.25) is 5.95 Å². The fourth-order valence-corrected chi connectivity index (χ4v) is 2.65. The fourth-order valence-electron chi connectivity index (χ4n) is 2.65. The van der Waals surface area contributed by atoms with E-state index in [2.05, 4.69) is 20.3 Å². The minimum atomic E-state index is -1.28. The van der Waals surface area contributed by atoms with Crippen LogP contribution in [0.2, 0.25) is 0 Å². The molecular formula is C13H21N7O5. The van der Waals surface area contributed by atoms with Crippen molar-refractivity contribution in [3.63, 3.8) is 0 Å². The molecule has 12 heteroatoms. The maximum absolute atomic E-state index is 10.2. The van der Waals surface area contributed by atoms with Crippen molar-refractivity contribution in [3.8, 4) is 0 Å². The van der Waals surface area contributed by atoms with Gasteiger partial charge in [-0.15, -0.1) is 0 Å². The van der Waals surface area contributed by atoms with Gasteiger partial charge in [-0.2, -0.15) is 9.97 Å². The Morgan fingerprint density at radius 3 is 2.72 bits per heavy atom. The average Bonchev–Trinajstić information content (AvgIpc) is 3.14. The number of nitrogens with one attached hydrogen (secondary N) is 1. The molecule has 0 radical (unpaired) electrons. The molecular weight excluding hydrogens is 334 g/mol. The largest absolute Gasteiger partial charge is 0.394 e. The van der Waals surface area contributed by atoms with Crippen molar-refractivity contribution in [3.05, 3.63) is 6.33 Å². The molecule has 9 N–H and O–H groups in total. The predicted molar refractivity (Wildman–Crippen MR) is 86.3 cm³/mol. The molecule has 3 rings (SSSR count). The van der Waals surface area contributed by atoms with Crippen LogP contribution in [-0.2, 0) is 4.74 Å². The molecule has 0 aliphatic carbocycles. The van der Waals surface area contributed by atoms with Crippen LogP contribution in [0.4, 0.5) is 11.8 Å². The van der Waals surface area contributed by atoms with Crippen molar-refractivity contribution >= 4 is 22.9 Å². The Morgan fingerprint density at radius 1 is 1.32 bits per heavy atom. The molecule has 2 aromatic rings. The predicted octanol–water partition coefficient (Wildman–Crippen LogP) is -3.25. The highest BCUT2D eigenvalue weighted by atomic mass is 16.6. The van der Waals surface area contributed by atoms with Crippen molar-refractivity contribution < 1.29 is 25.2 Å². The SMILES string of the molecule is NCC(O)CNc1nc(N)nc2c1ncn2C1O[C@H](CO)[C@@H](O)[C@H]1O. The lowest BCUT2D eigenvalue weighted by molar-refractivity contribution is -0.0511. The molecule has 5 atom stereocenters. The molecule has 0 aromatic carbocycles. The van der Waals surface area contributed by atoms with E-state index in [0.29, 0.717) is 11.3 Å². The van der Waals surface area contributed by atoms with Crippen molar-refractivity contribution in [2.45, 2.75) is 30.6 Å². The van der Waals surface area contributed by atoms with Crippen LogP contribution in [0.1, 0.15) is 6.23 Å². The molecule has 138 valence electrons. The van der Waals surface area contributed by atoms with Crippen molar-refractivity contribution in [1.29, 1.82) is 0 Å². The number of ether oxygens (including phenoxy) is 1. The summed E-state index contributed by atoms with van der Waals surface area (Å²) in [6, 6.07) is 0. The highest BCUT2D eigenvalue weighted by molar-refractivity contribution is 5.84. The Labute approximate surface area is 142 Å². The van der Waals surface area contributed by atoms with Gasteiger partial charge in [0.15, 0.2) is 23.2 Å².